The zero-order valence-corrected chi connectivity index (χ0v) is 8.84. The normalized spacial score (nSPS) is 25.9. The quantitative estimate of drug-likeness (QED) is 0.438. The highest BCUT2D eigenvalue weighted by molar-refractivity contribution is 5.31. The average Bonchev–Trinajstić information content (AvgIpc) is 2.26. The number of nitrogens with one attached hydrogen (secondary N) is 4. The largest absolute Gasteiger partial charge is 0.388 e. The van der Waals surface area contributed by atoms with Crippen LogP contribution in [-0.4, -0.2) is 32.7 Å². The summed E-state index contributed by atoms with van der Waals surface area (Å²) in [6.07, 6.45) is 8.26. The third-order valence-corrected chi connectivity index (χ3v) is 2.38. The van der Waals surface area contributed by atoms with E-state index >= 15 is 0 Å². The first-order valence-corrected chi connectivity index (χ1v) is 5.44. The van der Waals surface area contributed by atoms with E-state index in [9.17, 15) is 0 Å². The summed E-state index contributed by atoms with van der Waals surface area (Å²) < 4.78 is 0. The summed E-state index contributed by atoms with van der Waals surface area (Å²) in [5, 5.41) is 13.4. The number of allylic oxidation sites excluding steroid dienone is 3. The summed E-state index contributed by atoms with van der Waals surface area (Å²) in [7, 11) is 0. The van der Waals surface area contributed by atoms with Gasteiger partial charge in [-0.1, -0.05) is 6.08 Å². The van der Waals surface area contributed by atoms with Crippen LogP contribution in [0.5, 0.6) is 0 Å². The van der Waals surface area contributed by atoms with Crippen molar-refractivity contribution in [3.05, 3.63) is 35.8 Å². The lowest BCUT2D eigenvalue weighted by Gasteiger charge is -2.17. The highest BCUT2D eigenvalue weighted by Gasteiger charge is 2.02. The molecule has 0 atom stereocenters. The van der Waals surface area contributed by atoms with Gasteiger partial charge in [0.1, 0.15) is 0 Å². The number of hydrogen-bond acceptors (Lipinski definition) is 4. The summed E-state index contributed by atoms with van der Waals surface area (Å²) in [6.45, 7) is 4.86. The van der Waals surface area contributed by atoms with Gasteiger partial charge in [0.15, 0.2) is 0 Å². The zero-order valence-electron chi connectivity index (χ0n) is 8.84. The summed E-state index contributed by atoms with van der Waals surface area (Å²) in [6, 6.07) is 0. The number of dihydropyridines is 1. The fourth-order valence-electron chi connectivity index (χ4n) is 1.59. The Morgan fingerprint density at radius 1 is 1.00 bits per heavy atom. The molecule has 2 bridgehead atoms. The van der Waals surface area contributed by atoms with Gasteiger partial charge in [0.2, 0.25) is 0 Å². The van der Waals surface area contributed by atoms with Gasteiger partial charge in [-0.25, -0.2) is 0 Å². The van der Waals surface area contributed by atoms with Gasteiger partial charge in [0.25, 0.3) is 0 Å². The molecule has 15 heavy (non-hydrogen) atoms. The second-order valence-electron chi connectivity index (χ2n) is 3.66. The molecule has 0 aromatic carbocycles. The first kappa shape index (κ1) is 10.3. The molecule has 4 N–H and O–H groups in total. The summed E-state index contributed by atoms with van der Waals surface area (Å²) in [5.41, 5.74) is 2.33. The third-order valence-electron chi connectivity index (χ3n) is 2.38. The second-order valence-corrected chi connectivity index (χ2v) is 3.66. The molecule has 2 rings (SSSR count). The molecular weight excluding hydrogens is 188 g/mol. The van der Waals surface area contributed by atoms with Crippen molar-refractivity contribution in [3.8, 4) is 0 Å². The van der Waals surface area contributed by atoms with Crippen molar-refractivity contribution in [2.75, 3.05) is 32.7 Å². The Morgan fingerprint density at radius 3 is 2.87 bits per heavy atom. The average molecular weight is 206 g/mol. The lowest BCUT2D eigenvalue weighted by atomic mass is 10.2. The molecule has 2 aliphatic heterocycles. The van der Waals surface area contributed by atoms with E-state index in [2.05, 4.69) is 39.5 Å². The molecule has 4 heteroatoms. The van der Waals surface area contributed by atoms with Crippen LogP contribution in [0.4, 0.5) is 0 Å². The van der Waals surface area contributed by atoms with E-state index in [1.54, 1.807) is 0 Å². The number of fused-ring (bicyclic) bond motifs is 2. The van der Waals surface area contributed by atoms with Crippen LogP contribution in [0, 0.1) is 0 Å². The predicted octanol–water partition coefficient (Wildman–Crippen LogP) is -0.346. The molecular formula is C11H18N4. The fourth-order valence-corrected chi connectivity index (χ4v) is 1.59. The van der Waals surface area contributed by atoms with Crippen LogP contribution < -0.4 is 21.3 Å². The summed E-state index contributed by atoms with van der Waals surface area (Å²) >= 11 is 0. The van der Waals surface area contributed by atoms with Crippen LogP contribution in [0.15, 0.2) is 35.8 Å². The lowest BCUT2D eigenvalue weighted by Crippen LogP contribution is -2.35. The Kier molecular flexibility index (Phi) is 3.82. The molecule has 0 amide bonds. The number of hydrogen-bond donors (Lipinski definition) is 4. The molecule has 82 valence electrons. The molecule has 0 fully saturated rings. The number of rotatable bonds is 0. The molecule has 2 aliphatic rings. The van der Waals surface area contributed by atoms with E-state index in [0.717, 1.165) is 38.4 Å². The van der Waals surface area contributed by atoms with Crippen LogP contribution in [0.1, 0.15) is 0 Å². The molecule has 0 saturated heterocycles. The maximum absolute atomic E-state index is 3.38. The van der Waals surface area contributed by atoms with E-state index in [-0.39, 0.29) is 0 Å². The van der Waals surface area contributed by atoms with Gasteiger partial charge in [-0.3, -0.25) is 0 Å². The minimum atomic E-state index is 0.892. The van der Waals surface area contributed by atoms with Gasteiger partial charge in [-0.2, -0.15) is 0 Å². The fraction of sp³-hybridized carbons (Fsp3) is 0.455. The molecule has 0 radical (unpaired) electrons. The molecule has 0 spiro atoms. The summed E-state index contributed by atoms with van der Waals surface area (Å²) in [4.78, 5) is 0. The molecule has 2 heterocycles. The molecule has 4 nitrogen and oxygen atoms in total. The maximum atomic E-state index is 3.38. The maximum Gasteiger partial charge on any atom is 0.0541 e. The second kappa shape index (κ2) is 5.58. The Morgan fingerprint density at radius 2 is 1.87 bits per heavy atom. The topological polar surface area (TPSA) is 48.1 Å². The van der Waals surface area contributed by atoms with Crippen molar-refractivity contribution in [1.82, 2.24) is 21.3 Å². The highest BCUT2D eigenvalue weighted by atomic mass is 15.0. The van der Waals surface area contributed by atoms with Crippen molar-refractivity contribution in [3.63, 3.8) is 0 Å². The van der Waals surface area contributed by atoms with Crippen LogP contribution >= 0.6 is 0 Å². The van der Waals surface area contributed by atoms with E-state index in [1.807, 2.05) is 6.20 Å². The molecule has 0 aliphatic carbocycles. The SMILES string of the molecule is C1=C/C2=C/NCCNCCNCC(=C1)N2. The lowest BCUT2D eigenvalue weighted by molar-refractivity contribution is 0.607. The molecule has 0 saturated carbocycles. The minimum Gasteiger partial charge on any atom is -0.388 e. The minimum absolute atomic E-state index is 0.892. The Bertz CT molecular complexity index is 291. The Labute approximate surface area is 90.5 Å². The first-order chi connectivity index (χ1) is 7.45. The zero-order chi connectivity index (χ0) is 10.3. The Hall–Kier alpha value is -1.26. The van der Waals surface area contributed by atoms with Crippen LogP contribution in [0.2, 0.25) is 0 Å². The standard InChI is InChI=1S/C11H18N4/c1-2-10-8-13-6-4-12-5-7-14-9-11(3-1)15-10/h1-3,8,12-15H,4-7,9H2/b10-8-. The van der Waals surface area contributed by atoms with Crippen molar-refractivity contribution in [2.45, 2.75) is 0 Å². The van der Waals surface area contributed by atoms with Gasteiger partial charge >= 0.3 is 0 Å². The predicted molar refractivity (Wildman–Crippen MR) is 62.2 cm³/mol. The smallest absolute Gasteiger partial charge is 0.0541 e. The molecule has 0 aromatic heterocycles. The van der Waals surface area contributed by atoms with Gasteiger partial charge in [-0.05, 0) is 12.2 Å². The monoisotopic (exact) mass is 206 g/mol. The van der Waals surface area contributed by atoms with Crippen molar-refractivity contribution in [1.29, 1.82) is 0 Å². The van der Waals surface area contributed by atoms with Gasteiger partial charge in [0, 0.05) is 44.6 Å². The molecule has 0 aromatic rings. The summed E-state index contributed by atoms with van der Waals surface area (Å²) in [5.74, 6) is 0. The highest BCUT2D eigenvalue weighted by Crippen LogP contribution is 2.03. The van der Waals surface area contributed by atoms with E-state index in [1.165, 1.54) is 5.70 Å². The van der Waals surface area contributed by atoms with Crippen molar-refractivity contribution in [2.24, 2.45) is 0 Å². The van der Waals surface area contributed by atoms with E-state index < -0.39 is 0 Å². The van der Waals surface area contributed by atoms with Gasteiger partial charge in [-0.15, -0.1) is 0 Å². The van der Waals surface area contributed by atoms with Gasteiger partial charge in [0.05, 0.1) is 5.70 Å². The Balaban J connectivity index is 1.97. The van der Waals surface area contributed by atoms with Gasteiger partial charge < -0.3 is 21.3 Å². The van der Waals surface area contributed by atoms with Crippen molar-refractivity contribution >= 4 is 0 Å². The van der Waals surface area contributed by atoms with Crippen LogP contribution in [-0.2, 0) is 0 Å². The van der Waals surface area contributed by atoms with Crippen LogP contribution in [0.25, 0.3) is 0 Å². The van der Waals surface area contributed by atoms with Crippen LogP contribution in [0.3, 0.4) is 0 Å². The molecule has 0 unspecified atom stereocenters. The van der Waals surface area contributed by atoms with E-state index in [0.29, 0.717) is 0 Å². The third kappa shape index (κ3) is 3.42. The van der Waals surface area contributed by atoms with E-state index in [4.69, 9.17) is 0 Å². The van der Waals surface area contributed by atoms with Crippen molar-refractivity contribution < 1.29 is 0 Å². The first-order valence-electron chi connectivity index (χ1n) is 5.44.